The van der Waals surface area contributed by atoms with E-state index < -0.39 is 23.8 Å². The van der Waals surface area contributed by atoms with E-state index in [1.807, 2.05) is 54.6 Å². The largest absolute Gasteiger partial charge is 0.755 e. The second-order valence-corrected chi connectivity index (χ2v) is 7.87. The van der Waals surface area contributed by atoms with Gasteiger partial charge in [0.2, 0.25) is 0 Å². The lowest BCUT2D eigenvalue weighted by Gasteiger charge is -2.38. The topological polar surface area (TPSA) is 89.9 Å². The zero-order valence-electron chi connectivity index (χ0n) is 15.6. The van der Waals surface area contributed by atoms with Crippen molar-refractivity contribution in [1.29, 1.82) is 0 Å². The Balaban J connectivity index is 1.62. The number of benzene rings is 3. The summed E-state index contributed by atoms with van der Waals surface area (Å²) in [6, 6.07) is 18.8. The van der Waals surface area contributed by atoms with Crippen molar-refractivity contribution in [3.8, 4) is 5.75 Å². The number of carbonyl (C=O) groups is 1. The fraction of sp³-hybridized carbons (Fsp3) is 0.227. The molecule has 29 heavy (non-hydrogen) atoms. The average molecular weight is 410 g/mol. The summed E-state index contributed by atoms with van der Waals surface area (Å²) >= 11 is -2.41. The van der Waals surface area contributed by atoms with Gasteiger partial charge in [0, 0.05) is 23.0 Å². The molecule has 4 rings (SSSR count). The van der Waals surface area contributed by atoms with Crippen LogP contribution >= 0.6 is 0 Å². The average Bonchev–Trinajstić information content (AvgIpc) is 2.71. The van der Waals surface area contributed by atoms with Gasteiger partial charge >= 0.3 is 5.97 Å². The number of carboxylic acids is 1. The van der Waals surface area contributed by atoms with Crippen LogP contribution < -0.4 is 9.04 Å². The smallest absolute Gasteiger partial charge is 0.341 e. The molecule has 3 aromatic rings. The van der Waals surface area contributed by atoms with Crippen molar-refractivity contribution >= 4 is 33.7 Å². The number of nitrogens with zero attached hydrogens (tertiary/aromatic N) is 1. The van der Waals surface area contributed by atoms with Gasteiger partial charge in [0.25, 0.3) is 0 Å². The molecule has 1 aliphatic carbocycles. The Labute approximate surface area is 171 Å². The summed E-state index contributed by atoms with van der Waals surface area (Å²) in [5.41, 5.74) is 2.59. The number of ether oxygens (including phenoxy) is 1. The molecule has 0 spiro atoms. The van der Waals surface area contributed by atoms with Crippen molar-refractivity contribution in [3.05, 3.63) is 71.8 Å². The van der Waals surface area contributed by atoms with Gasteiger partial charge in [-0.25, -0.2) is 4.79 Å². The molecule has 0 saturated carbocycles. The molecule has 2 atom stereocenters. The third kappa shape index (κ3) is 4.11. The van der Waals surface area contributed by atoms with Crippen LogP contribution in [0.2, 0.25) is 0 Å². The molecule has 0 heterocycles. The number of carboxylic acid groups (broad SMARTS) is 1. The molecule has 6 nitrogen and oxygen atoms in total. The van der Waals surface area contributed by atoms with Crippen LogP contribution in [0.25, 0.3) is 10.8 Å². The van der Waals surface area contributed by atoms with Gasteiger partial charge in [0.1, 0.15) is 5.75 Å². The molecule has 0 aliphatic heterocycles. The van der Waals surface area contributed by atoms with Crippen molar-refractivity contribution < 1.29 is 23.4 Å². The maximum atomic E-state index is 12.1. The maximum absolute atomic E-state index is 12.1. The molecular formula is C22H20NO5S-. The van der Waals surface area contributed by atoms with Crippen molar-refractivity contribution in [1.82, 2.24) is 0 Å². The number of rotatable bonds is 6. The Morgan fingerprint density at radius 3 is 2.69 bits per heavy atom. The van der Waals surface area contributed by atoms with Crippen LogP contribution in [0.4, 0.5) is 5.69 Å². The first-order chi connectivity index (χ1) is 14.0. The summed E-state index contributed by atoms with van der Waals surface area (Å²) in [4.78, 5) is 10.8. The van der Waals surface area contributed by atoms with Crippen LogP contribution in [0.5, 0.6) is 5.75 Å². The molecule has 0 aromatic heterocycles. The minimum atomic E-state index is -2.41. The molecule has 0 amide bonds. The van der Waals surface area contributed by atoms with Crippen LogP contribution in [0, 0.1) is 0 Å². The van der Waals surface area contributed by atoms with Gasteiger partial charge in [-0.2, -0.15) is 0 Å². The third-order valence-electron chi connectivity index (χ3n) is 5.24. The summed E-state index contributed by atoms with van der Waals surface area (Å²) in [6.07, 6.45) is 1.79. The van der Waals surface area contributed by atoms with E-state index in [0.29, 0.717) is 30.7 Å². The molecule has 0 radical (unpaired) electrons. The molecule has 7 heteroatoms. The minimum Gasteiger partial charge on any atom is -0.755 e. The van der Waals surface area contributed by atoms with Gasteiger partial charge in [-0.1, -0.05) is 42.5 Å². The van der Waals surface area contributed by atoms with Gasteiger partial charge in [0.05, 0.1) is 0 Å². The molecule has 150 valence electrons. The minimum absolute atomic E-state index is 0.211. The van der Waals surface area contributed by atoms with Crippen molar-refractivity contribution in [3.63, 3.8) is 0 Å². The van der Waals surface area contributed by atoms with Crippen LogP contribution in [0.15, 0.2) is 60.7 Å². The molecule has 2 unspecified atom stereocenters. The molecule has 3 aromatic carbocycles. The van der Waals surface area contributed by atoms with E-state index >= 15 is 0 Å². The lowest BCUT2D eigenvalue weighted by molar-refractivity contribution is -0.139. The third-order valence-corrected chi connectivity index (χ3v) is 6.07. The highest BCUT2D eigenvalue weighted by atomic mass is 32.2. The SMILES string of the molecule is O=C(O)COc1cccc2c1CCC(N(c1ccc3ccccc3c1)S(=O)[O-])C2. The van der Waals surface area contributed by atoms with E-state index in [0.717, 1.165) is 21.9 Å². The summed E-state index contributed by atoms with van der Waals surface area (Å²) in [5, 5.41) is 10.9. The van der Waals surface area contributed by atoms with E-state index in [1.54, 1.807) is 6.07 Å². The predicted octanol–water partition coefficient (Wildman–Crippen LogP) is 3.46. The molecular weight excluding hydrogens is 390 g/mol. The zero-order chi connectivity index (χ0) is 20.4. The first-order valence-electron chi connectivity index (χ1n) is 9.35. The zero-order valence-corrected chi connectivity index (χ0v) is 16.4. The first kappa shape index (κ1) is 19.4. The number of fused-ring (bicyclic) bond motifs is 2. The quantitative estimate of drug-likeness (QED) is 0.629. The summed E-state index contributed by atoms with van der Waals surface area (Å²) in [6.45, 7) is -0.395. The fourth-order valence-electron chi connectivity index (χ4n) is 3.96. The van der Waals surface area contributed by atoms with Gasteiger partial charge in [-0.05, 0) is 59.4 Å². The second kappa shape index (κ2) is 8.23. The number of hydrogen-bond donors (Lipinski definition) is 1. The van der Waals surface area contributed by atoms with Crippen LogP contribution in [0.1, 0.15) is 17.5 Å². The van der Waals surface area contributed by atoms with Crippen molar-refractivity contribution in [2.45, 2.75) is 25.3 Å². The highest BCUT2D eigenvalue weighted by molar-refractivity contribution is 7.80. The molecule has 0 bridgehead atoms. The van der Waals surface area contributed by atoms with Gasteiger partial charge < -0.3 is 14.4 Å². The monoisotopic (exact) mass is 410 g/mol. The number of hydrogen-bond acceptors (Lipinski definition) is 4. The summed E-state index contributed by atoms with van der Waals surface area (Å²) in [7, 11) is 0. The van der Waals surface area contributed by atoms with E-state index in [4.69, 9.17) is 9.84 Å². The molecule has 1 N–H and O–H groups in total. The predicted molar refractivity (Wildman–Crippen MR) is 111 cm³/mol. The molecule has 0 saturated heterocycles. The Bertz CT molecular complexity index is 1080. The van der Waals surface area contributed by atoms with Crippen molar-refractivity contribution in [2.75, 3.05) is 10.9 Å². The van der Waals surface area contributed by atoms with Crippen LogP contribution in [0.3, 0.4) is 0 Å². The standard InChI is InChI=1S/C22H21NO5S/c24-22(25)14-28-21-7-3-6-17-13-19(10-11-20(17)21)23(29(26)27)18-9-8-15-4-1-2-5-16(15)12-18/h1-9,12,19H,10-11,13-14H2,(H,24,25)(H,26,27)/p-1. The van der Waals surface area contributed by atoms with Gasteiger partial charge in [-0.3, -0.25) is 8.51 Å². The Hall–Kier alpha value is -2.90. The Kier molecular flexibility index (Phi) is 5.51. The summed E-state index contributed by atoms with van der Waals surface area (Å²) in [5.74, 6) is -0.468. The second-order valence-electron chi connectivity index (χ2n) is 7.05. The molecule has 1 aliphatic rings. The van der Waals surface area contributed by atoms with E-state index in [1.165, 1.54) is 4.31 Å². The lowest BCUT2D eigenvalue weighted by Crippen LogP contribution is -2.40. The van der Waals surface area contributed by atoms with Gasteiger partial charge in [-0.15, -0.1) is 0 Å². The number of anilines is 1. The summed E-state index contributed by atoms with van der Waals surface area (Å²) < 4.78 is 31.1. The molecule has 0 fully saturated rings. The maximum Gasteiger partial charge on any atom is 0.341 e. The van der Waals surface area contributed by atoms with Gasteiger partial charge in [0.15, 0.2) is 6.61 Å². The first-order valence-corrected chi connectivity index (χ1v) is 10.4. The highest BCUT2D eigenvalue weighted by Gasteiger charge is 2.27. The highest BCUT2D eigenvalue weighted by Crippen LogP contribution is 2.34. The van der Waals surface area contributed by atoms with E-state index in [-0.39, 0.29) is 6.04 Å². The Morgan fingerprint density at radius 1 is 1.14 bits per heavy atom. The lowest BCUT2D eigenvalue weighted by atomic mass is 9.87. The van der Waals surface area contributed by atoms with E-state index in [9.17, 15) is 13.6 Å². The van der Waals surface area contributed by atoms with Crippen molar-refractivity contribution in [2.24, 2.45) is 0 Å². The van der Waals surface area contributed by atoms with E-state index in [2.05, 4.69) is 0 Å². The Morgan fingerprint density at radius 2 is 1.93 bits per heavy atom. The van der Waals surface area contributed by atoms with Crippen LogP contribution in [-0.4, -0.2) is 32.5 Å². The number of aliphatic carboxylic acids is 1. The normalized spacial score (nSPS) is 16.8. The van der Waals surface area contributed by atoms with Crippen LogP contribution in [-0.2, 0) is 28.9 Å². The fourth-order valence-corrected chi connectivity index (χ4v) is 4.67.